The summed E-state index contributed by atoms with van der Waals surface area (Å²) in [5, 5.41) is 2.79. The summed E-state index contributed by atoms with van der Waals surface area (Å²) in [4.78, 5) is 0. The Morgan fingerprint density at radius 2 is 1.93 bits per heavy atom. The monoisotopic (exact) mass is 219 g/mol. The smallest absolute Gasteiger partial charge is 0.416 e. The predicted molar refractivity (Wildman–Crippen MR) is 50.8 cm³/mol. The van der Waals surface area contributed by atoms with E-state index >= 15 is 0 Å². The van der Waals surface area contributed by atoms with E-state index in [4.69, 9.17) is 4.74 Å². The summed E-state index contributed by atoms with van der Waals surface area (Å²) in [6.07, 6.45) is -4.34. The minimum absolute atomic E-state index is 0.218. The van der Waals surface area contributed by atoms with Gasteiger partial charge in [0.05, 0.1) is 12.7 Å². The lowest BCUT2D eigenvalue weighted by atomic mass is 10.1. The molecule has 0 aromatic heterocycles. The second-order valence-corrected chi connectivity index (χ2v) is 3.10. The molecule has 0 aliphatic carbocycles. The van der Waals surface area contributed by atoms with Crippen LogP contribution in [0.15, 0.2) is 18.2 Å². The van der Waals surface area contributed by atoms with E-state index in [9.17, 15) is 13.2 Å². The summed E-state index contributed by atoms with van der Waals surface area (Å²) >= 11 is 0. The van der Waals surface area contributed by atoms with Crippen LogP contribution in [0.3, 0.4) is 0 Å². The number of methoxy groups -OCH3 is 1. The van der Waals surface area contributed by atoms with Crippen LogP contribution in [0, 0.1) is 0 Å². The second kappa shape index (κ2) is 4.53. The van der Waals surface area contributed by atoms with Crippen LogP contribution < -0.4 is 10.1 Å². The first kappa shape index (κ1) is 11.8. The summed E-state index contributed by atoms with van der Waals surface area (Å²) in [6.45, 7) is 0.375. The summed E-state index contributed by atoms with van der Waals surface area (Å²) in [5.41, 5.74) is -0.142. The molecule has 1 rings (SSSR count). The van der Waals surface area contributed by atoms with Gasteiger partial charge in [0, 0.05) is 6.54 Å². The molecular weight excluding hydrogens is 207 g/mol. The van der Waals surface area contributed by atoms with Crippen LogP contribution in [0.4, 0.5) is 13.2 Å². The van der Waals surface area contributed by atoms with Crippen LogP contribution in [0.2, 0.25) is 0 Å². The van der Waals surface area contributed by atoms with Gasteiger partial charge in [0.15, 0.2) is 0 Å². The molecule has 0 radical (unpaired) electrons. The molecule has 84 valence electrons. The molecule has 0 spiro atoms. The van der Waals surface area contributed by atoms with Crippen LogP contribution in [-0.2, 0) is 12.7 Å². The number of hydrogen-bond acceptors (Lipinski definition) is 2. The summed E-state index contributed by atoms with van der Waals surface area (Å²) in [6, 6.07) is 3.67. The van der Waals surface area contributed by atoms with Crippen molar-refractivity contribution in [1.29, 1.82) is 0 Å². The van der Waals surface area contributed by atoms with Gasteiger partial charge in [-0.2, -0.15) is 13.2 Å². The van der Waals surface area contributed by atoms with Crippen LogP contribution >= 0.6 is 0 Å². The van der Waals surface area contributed by atoms with Crippen molar-refractivity contribution in [2.24, 2.45) is 0 Å². The zero-order valence-corrected chi connectivity index (χ0v) is 8.48. The molecule has 5 heteroatoms. The molecule has 0 atom stereocenters. The van der Waals surface area contributed by atoms with Crippen molar-refractivity contribution in [3.8, 4) is 5.75 Å². The van der Waals surface area contributed by atoms with Crippen LogP contribution in [0.1, 0.15) is 11.1 Å². The van der Waals surface area contributed by atoms with E-state index < -0.39 is 11.7 Å². The first-order valence-electron chi connectivity index (χ1n) is 4.37. The van der Waals surface area contributed by atoms with Crippen molar-refractivity contribution in [1.82, 2.24) is 5.32 Å². The molecule has 0 heterocycles. The third kappa shape index (κ3) is 3.13. The molecular formula is C10H12F3NO. The highest BCUT2D eigenvalue weighted by Crippen LogP contribution is 2.32. The lowest BCUT2D eigenvalue weighted by Gasteiger charge is -2.11. The average Bonchev–Trinajstić information content (AvgIpc) is 2.16. The summed E-state index contributed by atoms with van der Waals surface area (Å²) < 4.78 is 42.2. The number of alkyl halides is 3. The van der Waals surface area contributed by atoms with Crippen molar-refractivity contribution in [3.05, 3.63) is 29.3 Å². The second-order valence-electron chi connectivity index (χ2n) is 3.10. The zero-order chi connectivity index (χ0) is 11.5. The van der Waals surface area contributed by atoms with Gasteiger partial charge in [-0.3, -0.25) is 0 Å². The number of ether oxygens (including phenoxy) is 1. The highest BCUT2D eigenvalue weighted by Gasteiger charge is 2.31. The van der Waals surface area contributed by atoms with Gasteiger partial charge < -0.3 is 10.1 Å². The van der Waals surface area contributed by atoms with Gasteiger partial charge in [-0.1, -0.05) is 0 Å². The largest absolute Gasteiger partial charge is 0.497 e. The summed E-state index contributed by atoms with van der Waals surface area (Å²) in [5.74, 6) is 0.218. The number of nitrogens with one attached hydrogen (secondary N) is 1. The fourth-order valence-corrected chi connectivity index (χ4v) is 1.25. The third-order valence-corrected chi connectivity index (χ3v) is 1.91. The molecule has 1 aromatic carbocycles. The Kier molecular flexibility index (Phi) is 3.57. The molecule has 0 saturated heterocycles. The quantitative estimate of drug-likeness (QED) is 0.843. The topological polar surface area (TPSA) is 21.3 Å². The molecule has 0 fully saturated rings. The van der Waals surface area contributed by atoms with Gasteiger partial charge in [0.25, 0.3) is 0 Å². The van der Waals surface area contributed by atoms with Crippen LogP contribution in [0.5, 0.6) is 5.75 Å². The van der Waals surface area contributed by atoms with Gasteiger partial charge in [-0.15, -0.1) is 0 Å². The standard InChI is InChI=1S/C10H12F3NO/c1-14-6-7-3-8(10(11,12)13)5-9(4-7)15-2/h3-5,14H,6H2,1-2H3. The molecule has 0 bridgehead atoms. The Hall–Kier alpha value is -1.23. The lowest BCUT2D eigenvalue weighted by molar-refractivity contribution is -0.137. The molecule has 0 unspecified atom stereocenters. The van der Waals surface area contributed by atoms with E-state index in [1.807, 2.05) is 0 Å². The van der Waals surface area contributed by atoms with E-state index in [1.165, 1.54) is 7.11 Å². The van der Waals surface area contributed by atoms with Gasteiger partial charge in [-0.05, 0) is 30.8 Å². The molecule has 2 nitrogen and oxygen atoms in total. The fraction of sp³-hybridized carbons (Fsp3) is 0.400. The maximum absolute atomic E-state index is 12.4. The van der Waals surface area contributed by atoms with Crippen molar-refractivity contribution >= 4 is 0 Å². The first-order valence-corrected chi connectivity index (χ1v) is 4.37. The van der Waals surface area contributed by atoms with E-state index in [2.05, 4.69) is 5.32 Å². The highest BCUT2D eigenvalue weighted by atomic mass is 19.4. The molecule has 0 aliphatic rings. The van der Waals surface area contributed by atoms with Gasteiger partial charge in [0.2, 0.25) is 0 Å². The van der Waals surface area contributed by atoms with Crippen LogP contribution in [-0.4, -0.2) is 14.2 Å². The minimum Gasteiger partial charge on any atom is -0.497 e. The van der Waals surface area contributed by atoms with E-state index in [1.54, 1.807) is 13.1 Å². The summed E-state index contributed by atoms with van der Waals surface area (Å²) in [7, 11) is 3.02. The predicted octanol–water partition coefficient (Wildman–Crippen LogP) is 2.43. The van der Waals surface area contributed by atoms with Crippen molar-refractivity contribution < 1.29 is 17.9 Å². The Morgan fingerprint density at radius 1 is 1.27 bits per heavy atom. The van der Waals surface area contributed by atoms with Crippen molar-refractivity contribution in [2.45, 2.75) is 12.7 Å². The number of benzene rings is 1. The minimum atomic E-state index is -4.34. The molecule has 0 aliphatic heterocycles. The van der Waals surface area contributed by atoms with E-state index in [-0.39, 0.29) is 5.75 Å². The van der Waals surface area contributed by atoms with E-state index in [0.717, 1.165) is 12.1 Å². The maximum atomic E-state index is 12.4. The third-order valence-electron chi connectivity index (χ3n) is 1.91. The fourth-order valence-electron chi connectivity index (χ4n) is 1.25. The Labute approximate surface area is 86.1 Å². The Bertz CT molecular complexity index is 336. The first-order chi connectivity index (χ1) is 6.97. The van der Waals surface area contributed by atoms with Gasteiger partial charge in [0.1, 0.15) is 5.75 Å². The van der Waals surface area contributed by atoms with Gasteiger partial charge >= 0.3 is 6.18 Å². The van der Waals surface area contributed by atoms with Gasteiger partial charge in [-0.25, -0.2) is 0 Å². The Balaban J connectivity index is 3.11. The lowest BCUT2D eigenvalue weighted by Crippen LogP contribution is -2.09. The Morgan fingerprint density at radius 3 is 2.40 bits per heavy atom. The number of rotatable bonds is 3. The normalized spacial score (nSPS) is 11.5. The number of hydrogen-bond donors (Lipinski definition) is 1. The molecule has 1 aromatic rings. The maximum Gasteiger partial charge on any atom is 0.416 e. The molecule has 0 saturated carbocycles. The SMILES string of the molecule is CNCc1cc(OC)cc(C(F)(F)F)c1. The van der Waals surface area contributed by atoms with Crippen molar-refractivity contribution in [3.63, 3.8) is 0 Å². The van der Waals surface area contributed by atoms with Crippen molar-refractivity contribution in [2.75, 3.05) is 14.2 Å². The van der Waals surface area contributed by atoms with Crippen LogP contribution in [0.25, 0.3) is 0 Å². The molecule has 15 heavy (non-hydrogen) atoms. The molecule has 1 N–H and O–H groups in total. The average molecular weight is 219 g/mol. The zero-order valence-electron chi connectivity index (χ0n) is 8.48. The number of halogens is 3. The highest BCUT2D eigenvalue weighted by molar-refractivity contribution is 5.35. The van der Waals surface area contributed by atoms with E-state index in [0.29, 0.717) is 12.1 Å². The molecule has 0 amide bonds.